The Hall–Kier alpha value is -0.360. The Morgan fingerprint density at radius 1 is 1.05 bits per heavy atom. The van der Waals surface area contributed by atoms with Crippen LogP contribution in [0.5, 0.6) is 0 Å². The summed E-state index contributed by atoms with van der Waals surface area (Å²) < 4.78 is 19.1. The minimum Gasteiger partial charge on any atom is -0.307 e. The lowest BCUT2D eigenvalue weighted by atomic mass is 10.1. The van der Waals surface area contributed by atoms with E-state index in [9.17, 15) is 4.57 Å². The predicted molar refractivity (Wildman–Crippen MR) is 80.1 cm³/mol. The van der Waals surface area contributed by atoms with Crippen LogP contribution in [0.3, 0.4) is 0 Å². The van der Waals surface area contributed by atoms with Gasteiger partial charge in [0.2, 0.25) is 0 Å². The Balaban J connectivity index is 3.73. The molecule has 0 spiro atoms. The zero-order valence-electron chi connectivity index (χ0n) is 12.7. The second kappa shape index (κ2) is 11.5. The van der Waals surface area contributed by atoms with Gasteiger partial charge in [0, 0.05) is 6.54 Å². The fraction of sp³-hybridized carbons (Fsp3) is 0.929. The minimum absolute atomic E-state index is 0.423. The second-order valence-corrected chi connectivity index (χ2v) is 7.14. The lowest BCUT2D eigenvalue weighted by Gasteiger charge is -2.21. The number of unbranched alkanes of at least 4 members (excludes halogenated alkanes) is 6. The van der Waals surface area contributed by atoms with E-state index in [-0.39, 0.29) is 0 Å². The van der Waals surface area contributed by atoms with E-state index in [2.05, 4.69) is 6.92 Å². The van der Waals surface area contributed by atoms with Crippen molar-refractivity contribution in [3.63, 3.8) is 0 Å². The quantitative estimate of drug-likeness (QED) is 0.383. The van der Waals surface area contributed by atoms with Crippen LogP contribution in [0.15, 0.2) is 0 Å². The van der Waals surface area contributed by atoms with Crippen LogP contribution in [0.25, 0.3) is 0 Å². The SMILES string of the molecule is CCCCCCCCCOP(=O)(C#N)N(C)CCC. The van der Waals surface area contributed by atoms with Crippen LogP contribution in [0.2, 0.25) is 0 Å². The molecule has 0 N–H and O–H groups in total. The van der Waals surface area contributed by atoms with Gasteiger partial charge in [0.25, 0.3) is 0 Å². The molecule has 4 nitrogen and oxygen atoms in total. The molecule has 0 aliphatic heterocycles. The maximum Gasteiger partial charge on any atom is 0.370 e. The van der Waals surface area contributed by atoms with Crippen LogP contribution in [-0.4, -0.2) is 24.9 Å². The third-order valence-electron chi connectivity index (χ3n) is 3.14. The van der Waals surface area contributed by atoms with E-state index in [1.807, 2.05) is 12.7 Å². The molecule has 0 aromatic rings. The molecule has 5 heteroatoms. The van der Waals surface area contributed by atoms with Crippen LogP contribution in [0.1, 0.15) is 65.2 Å². The molecule has 0 saturated heterocycles. The molecule has 0 aromatic heterocycles. The van der Waals surface area contributed by atoms with Gasteiger partial charge in [0.15, 0.2) is 5.81 Å². The number of hydrogen-bond acceptors (Lipinski definition) is 3. The van der Waals surface area contributed by atoms with Gasteiger partial charge in [-0.1, -0.05) is 52.4 Å². The molecule has 1 atom stereocenters. The van der Waals surface area contributed by atoms with Gasteiger partial charge < -0.3 is 4.52 Å². The van der Waals surface area contributed by atoms with Crippen molar-refractivity contribution < 1.29 is 9.09 Å². The average molecular weight is 288 g/mol. The lowest BCUT2D eigenvalue weighted by Crippen LogP contribution is -2.17. The van der Waals surface area contributed by atoms with Crippen molar-refractivity contribution in [2.75, 3.05) is 20.2 Å². The molecule has 19 heavy (non-hydrogen) atoms. The molecular weight excluding hydrogens is 259 g/mol. The fourth-order valence-electron chi connectivity index (χ4n) is 1.91. The maximum atomic E-state index is 12.2. The number of rotatable bonds is 12. The van der Waals surface area contributed by atoms with Gasteiger partial charge in [-0.15, -0.1) is 0 Å². The third-order valence-corrected chi connectivity index (χ3v) is 5.02. The lowest BCUT2D eigenvalue weighted by molar-refractivity contribution is 0.272. The number of nitrogens with zero attached hydrogens (tertiary/aromatic N) is 2. The summed E-state index contributed by atoms with van der Waals surface area (Å²) in [5, 5.41) is 9.00. The fourth-order valence-corrected chi connectivity index (χ4v) is 3.15. The molecular formula is C14H29N2O2P. The number of hydrogen-bond donors (Lipinski definition) is 0. The van der Waals surface area contributed by atoms with E-state index >= 15 is 0 Å². The summed E-state index contributed by atoms with van der Waals surface area (Å²) >= 11 is 0. The van der Waals surface area contributed by atoms with Crippen molar-refractivity contribution in [1.82, 2.24) is 4.67 Å². The summed E-state index contributed by atoms with van der Waals surface area (Å²) in [6.07, 6.45) is 9.17. The summed E-state index contributed by atoms with van der Waals surface area (Å²) in [5.74, 6) is 1.84. The molecule has 1 unspecified atom stereocenters. The van der Waals surface area contributed by atoms with Crippen molar-refractivity contribution in [1.29, 1.82) is 5.26 Å². The molecule has 0 aliphatic rings. The largest absolute Gasteiger partial charge is 0.370 e. The van der Waals surface area contributed by atoms with Crippen molar-refractivity contribution in [2.45, 2.75) is 65.2 Å². The first kappa shape index (κ1) is 18.6. The normalized spacial score (nSPS) is 14.3. The Morgan fingerprint density at radius 3 is 2.16 bits per heavy atom. The van der Waals surface area contributed by atoms with Crippen molar-refractivity contribution in [2.24, 2.45) is 0 Å². The zero-order valence-corrected chi connectivity index (χ0v) is 13.6. The third kappa shape index (κ3) is 8.42. The highest BCUT2D eigenvalue weighted by Gasteiger charge is 2.27. The van der Waals surface area contributed by atoms with Gasteiger partial charge in [-0.2, -0.15) is 5.26 Å². The van der Waals surface area contributed by atoms with Gasteiger partial charge in [-0.3, -0.25) is 4.57 Å². The maximum absolute atomic E-state index is 12.2. The number of nitriles is 1. The Labute approximate surface area is 118 Å². The highest BCUT2D eigenvalue weighted by molar-refractivity contribution is 7.61. The summed E-state index contributed by atoms with van der Waals surface area (Å²) in [6.45, 7) is 5.25. The first-order valence-corrected chi connectivity index (χ1v) is 9.06. The molecule has 0 bridgehead atoms. The molecule has 0 aromatic carbocycles. The van der Waals surface area contributed by atoms with Crippen LogP contribution in [-0.2, 0) is 9.09 Å². The van der Waals surface area contributed by atoms with Crippen molar-refractivity contribution in [3.05, 3.63) is 0 Å². The average Bonchev–Trinajstić information content (AvgIpc) is 2.41. The molecule has 0 radical (unpaired) electrons. The predicted octanol–water partition coefficient (Wildman–Crippen LogP) is 4.77. The highest BCUT2D eigenvalue weighted by Crippen LogP contribution is 2.48. The Kier molecular flexibility index (Phi) is 11.2. The van der Waals surface area contributed by atoms with Gasteiger partial charge in [0.1, 0.15) is 0 Å². The van der Waals surface area contributed by atoms with Crippen LogP contribution in [0, 0.1) is 11.1 Å². The van der Waals surface area contributed by atoms with E-state index in [1.54, 1.807) is 11.7 Å². The Morgan fingerprint density at radius 2 is 1.63 bits per heavy atom. The van der Waals surface area contributed by atoms with E-state index in [4.69, 9.17) is 9.79 Å². The molecule has 0 saturated carbocycles. The molecule has 0 heterocycles. The molecule has 0 fully saturated rings. The molecule has 112 valence electrons. The monoisotopic (exact) mass is 288 g/mol. The van der Waals surface area contributed by atoms with E-state index in [0.29, 0.717) is 13.2 Å². The first-order chi connectivity index (χ1) is 9.10. The van der Waals surface area contributed by atoms with Gasteiger partial charge in [-0.05, 0) is 19.9 Å². The van der Waals surface area contributed by atoms with Gasteiger partial charge in [0.05, 0.1) is 6.61 Å². The topological polar surface area (TPSA) is 53.3 Å². The van der Waals surface area contributed by atoms with E-state index in [0.717, 1.165) is 19.3 Å². The van der Waals surface area contributed by atoms with Gasteiger partial charge >= 0.3 is 7.52 Å². The summed E-state index contributed by atoms with van der Waals surface area (Å²) in [4.78, 5) is 0. The minimum atomic E-state index is -3.24. The smallest absolute Gasteiger partial charge is 0.307 e. The van der Waals surface area contributed by atoms with Crippen molar-refractivity contribution >= 4 is 7.52 Å². The standard InChI is InChI=1S/C14H29N2O2P/c1-4-6-7-8-9-10-11-13-18-19(17,14-15)16(3)12-5-2/h4-13H2,1-3H3. The summed E-state index contributed by atoms with van der Waals surface area (Å²) in [6, 6.07) is 0. The molecule has 0 amide bonds. The van der Waals surface area contributed by atoms with E-state index in [1.165, 1.54) is 32.1 Å². The molecule has 0 rings (SSSR count). The van der Waals surface area contributed by atoms with E-state index < -0.39 is 7.52 Å². The second-order valence-electron chi connectivity index (χ2n) is 4.96. The summed E-state index contributed by atoms with van der Waals surface area (Å²) in [5.41, 5.74) is 0. The Bertz CT molecular complexity index is 302. The van der Waals surface area contributed by atoms with Crippen molar-refractivity contribution in [3.8, 4) is 5.81 Å². The van der Waals surface area contributed by atoms with Crippen LogP contribution >= 0.6 is 7.52 Å². The van der Waals surface area contributed by atoms with Crippen LogP contribution in [0.4, 0.5) is 0 Å². The van der Waals surface area contributed by atoms with Crippen LogP contribution < -0.4 is 0 Å². The van der Waals surface area contributed by atoms with Gasteiger partial charge in [-0.25, -0.2) is 4.67 Å². The summed E-state index contributed by atoms with van der Waals surface area (Å²) in [7, 11) is -1.54. The highest BCUT2D eigenvalue weighted by atomic mass is 31.2. The first-order valence-electron chi connectivity index (χ1n) is 7.48. The zero-order chi connectivity index (χ0) is 14.6. The molecule has 0 aliphatic carbocycles.